The van der Waals surface area contributed by atoms with Gasteiger partial charge >= 0.3 is 0 Å². The number of carbonyl (C=O) groups is 1. The van der Waals surface area contributed by atoms with E-state index in [4.69, 9.17) is 11.6 Å². The van der Waals surface area contributed by atoms with Gasteiger partial charge in [0.05, 0.1) is 0 Å². The maximum Gasteiger partial charge on any atom is 0.160 e. The van der Waals surface area contributed by atoms with Crippen molar-refractivity contribution in [3.8, 4) is 0 Å². The van der Waals surface area contributed by atoms with Gasteiger partial charge in [-0.05, 0) is 54.1 Å². The molecule has 0 aliphatic carbocycles. The third-order valence-electron chi connectivity index (χ3n) is 1.69. The molecule has 0 aromatic heterocycles. The Morgan fingerprint density at radius 2 is 2.08 bits per heavy atom. The topological polar surface area (TPSA) is 17.1 Å². The second-order valence-electron chi connectivity index (χ2n) is 2.62. The molecule has 0 fully saturated rings. The first-order valence-corrected chi connectivity index (χ1v) is 4.94. The molecule has 0 unspecified atom stereocenters. The van der Waals surface area contributed by atoms with Gasteiger partial charge in [-0.2, -0.15) is 0 Å². The molecule has 0 saturated heterocycles. The number of hydrogen-bond acceptors (Lipinski definition) is 1. The van der Waals surface area contributed by atoms with Crippen molar-refractivity contribution < 1.29 is 4.79 Å². The summed E-state index contributed by atoms with van der Waals surface area (Å²) < 4.78 is 1.03. The number of carbonyl (C=O) groups excluding carboxylic acids is 1. The van der Waals surface area contributed by atoms with Crippen LogP contribution in [0.4, 0.5) is 0 Å². The lowest BCUT2D eigenvalue weighted by Gasteiger charge is -2.04. The van der Waals surface area contributed by atoms with E-state index in [-0.39, 0.29) is 5.78 Å². The Morgan fingerprint density at radius 3 is 2.58 bits per heavy atom. The zero-order chi connectivity index (χ0) is 9.30. The first-order valence-electron chi connectivity index (χ1n) is 3.49. The Hall–Kier alpha value is -0.0900. The number of Topliss-reactive ketones (excluding diaryl/α,β-unsaturated/α-hetero) is 1. The lowest BCUT2D eigenvalue weighted by molar-refractivity contribution is 0.101. The molecule has 1 aromatic rings. The van der Waals surface area contributed by atoms with E-state index in [0.29, 0.717) is 10.6 Å². The van der Waals surface area contributed by atoms with Gasteiger partial charge in [0.1, 0.15) is 0 Å². The predicted octanol–water partition coefficient (Wildman–Crippen LogP) is 3.46. The minimum absolute atomic E-state index is 0.0629. The van der Waals surface area contributed by atoms with Gasteiger partial charge in [-0.25, -0.2) is 0 Å². The highest BCUT2D eigenvalue weighted by Gasteiger charge is 2.07. The van der Waals surface area contributed by atoms with Gasteiger partial charge in [-0.15, -0.1) is 0 Å². The minimum atomic E-state index is 0.0629. The van der Waals surface area contributed by atoms with Crippen LogP contribution >= 0.6 is 34.2 Å². The van der Waals surface area contributed by atoms with Crippen molar-refractivity contribution in [3.05, 3.63) is 31.9 Å². The van der Waals surface area contributed by atoms with Crippen LogP contribution in [0.25, 0.3) is 0 Å². The van der Waals surface area contributed by atoms with Crippen molar-refractivity contribution in [2.75, 3.05) is 0 Å². The van der Waals surface area contributed by atoms with Gasteiger partial charge in [0.15, 0.2) is 5.78 Å². The molecule has 3 heteroatoms. The van der Waals surface area contributed by atoms with Gasteiger partial charge in [-0.3, -0.25) is 4.79 Å². The SMILES string of the molecule is CC(=O)c1cc(Cl)cc(I)c1C. The molecule has 12 heavy (non-hydrogen) atoms. The Balaban J connectivity index is 3.37. The third-order valence-corrected chi connectivity index (χ3v) is 3.03. The highest BCUT2D eigenvalue weighted by molar-refractivity contribution is 14.1. The normalized spacial score (nSPS) is 10.0. The van der Waals surface area contributed by atoms with Crippen molar-refractivity contribution in [2.24, 2.45) is 0 Å². The molecule has 0 aliphatic heterocycles. The molecule has 0 aliphatic rings. The molecular weight excluding hydrogens is 286 g/mol. The number of ketones is 1. The molecule has 0 heterocycles. The molecule has 0 amide bonds. The lowest BCUT2D eigenvalue weighted by atomic mass is 10.1. The smallest absolute Gasteiger partial charge is 0.160 e. The van der Waals surface area contributed by atoms with Crippen LogP contribution in [0.1, 0.15) is 22.8 Å². The molecule has 64 valence electrons. The number of halogens is 2. The van der Waals surface area contributed by atoms with E-state index in [1.165, 1.54) is 0 Å². The summed E-state index contributed by atoms with van der Waals surface area (Å²) in [5, 5.41) is 0.621. The number of benzene rings is 1. The van der Waals surface area contributed by atoms with E-state index >= 15 is 0 Å². The van der Waals surface area contributed by atoms with Crippen molar-refractivity contribution in [1.29, 1.82) is 0 Å². The standard InChI is InChI=1S/C9H8ClIO/c1-5-8(6(2)12)3-7(10)4-9(5)11/h3-4H,1-2H3. The van der Waals surface area contributed by atoms with Gasteiger partial charge < -0.3 is 0 Å². The first-order chi connectivity index (χ1) is 5.52. The van der Waals surface area contributed by atoms with Gasteiger partial charge in [0.25, 0.3) is 0 Å². The Kier molecular flexibility index (Phi) is 3.12. The van der Waals surface area contributed by atoms with Crippen molar-refractivity contribution in [1.82, 2.24) is 0 Å². The number of rotatable bonds is 1. The molecule has 0 radical (unpaired) electrons. The molecule has 1 rings (SSSR count). The molecule has 0 saturated carbocycles. The van der Waals surface area contributed by atoms with E-state index < -0.39 is 0 Å². The summed E-state index contributed by atoms with van der Waals surface area (Å²) in [5.41, 5.74) is 1.72. The third kappa shape index (κ3) is 1.98. The first kappa shape index (κ1) is 9.99. The zero-order valence-electron chi connectivity index (χ0n) is 6.82. The fraction of sp³-hybridized carbons (Fsp3) is 0.222. The fourth-order valence-corrected chi connectivity index (χ4v) is 2.04. The summed E-state index contributed by atoms with van der Waals surface area (Å²) in [4.78, 5) is 11.1. The second kappa shape index (κ2) is 3.75. The number of hydrogen-bond donors (Lipinski definition) is 0. The summed E-state index contributed by atoms with van der Waals surface area (Å²) in [6.45, 7) is 3.48. The average molecular weight is 295 g/mol. The molecule has 0 spiro atoms. The van der Waals surface area contributed by atoms with Gasteiger partial charge in [-0.1, -0.05) is 11.6 Å². The van der Waals surface area contributed by atoms with Crippen molar-refractivity contribution >= 4 is 40.0 Å². The van der Waals surface area contributed by atoms with Gasteiger partial charge in [0.2, 0.25) is 0 Å². The summed E-state index contributed by atoms with van der Waals surface area (Å²) in [7, 11) is 0. The predicted molar refractivity (Wildman–Crippen MR) is 58.9 cm³/mol. The van der Waals surface area contributed by atoms with Crippen molar-refractivity contribution in [3.63, 3.8) is 0 Å². The highest BCUT2D eigenvalue weighted by Crippen LogP contribution is 2.22. The van der Waals surface area contributed by atoms with Crippen LogP contribution in [0.15, 0.2) is 12.1 Å². The second-order valence-corrected chi connectivity index (χ2v) is 4.21. The summed E-state index contributed by atoms with van der Waals surface area (Å²) >= 11 is 7.98. The monoisotopic (exact) mass is 294 g/mol. The minimum Gasteiger partial charge on any atom is -0.294 e. The molecule has 1 aromatic carbocycles. The summed E-state index contributed by atoms with van der Waals surface area (Å²) in [6.07, 6.45) is 0. The Morgan fingerprint density at radius 1 is 1.50 bits per heavy atom. The van der Waals surface area contributed by atoms with Crippen LogP contribution in [-0.4, -0.2) is 5.78 Å². The van der Waals surface area contributed by atoms with Gasteiger partial charge in [0, 0.05) is 14.2 Å². The fourth-order valence-electron chi connectivity index (χ4n) is 1.01. The van der Waals surface area contributed by atoms with E-state index in [2.05, 4.69) is 22.6 Å². The molecule has 0 bridgehead atoms. The highest BCUT2D eigenvalue weighted by atomic mass is 127. The van der Waals surface area contributed by atoms with E-state index in [1.54, 1.807) is 13.0 Å². The van der Waals surface area contributed by atoms with E-state index in [1.807, 2.05) is 13.0 Å². The maximum atomic E-state index is 11.1. The van der Waals surface area contributed by atoms with Crippen LogP contribution in [0.5, 0.6) is 0 Å². The maximum absolute atomic E-state index is 11.1. The Labute approximate surface area is 90.3 Å². The zero-order valence-corrected chi connectivity index (χ0v) is 9.73. The average Bonchev–Trinajstić information content (AvgIpc) is 1.96. The molecular formula is C9H8ClIO. The van der Waals surface area contributed by atoms with Crippen LogP contribution < -0.4 is 0 Å². The summed E-state index contributed by atoms with van der Waals surface area (Å²) in [5.74, 6) is 0.0629. The lowest BCUT2D eigenvalue weighted by Crippen LogP contribution is -1.97. The van der Waals surface area contributed by atoms with E-state index in [9.17, 15) is 4.79 Å². The van der Waals surface area contributed by atoms with Crippen LogP contribution in [0.3, 0.4) is 0 Å². The van der Waals surface area contributed by atoms with Crippen LogP contribution in [0.2, 0.25) is 5.02 Å². The quantitative estimate of drug-likeness (QED) is 0.573. The molecule has 1 nitrogen and oxygen atoms in total. The van der Waals surface area contributed by atoms with Crippen molar-refractivity contribution in [2.45, 2.75) is 13.8 Å². The Bertz CT molecular complexity index is 334. The van der Waals surface area contributed by atoms with Crippen LogP contribution in [0, 0.1) is 10.5 Å². The molecule has 0 atom stereocenters. The largest absolute Gasteiger partial charge is 0.294 e. The summed E-state index contributed by atoms with van der Waals surface area (Å²) in [6, 6.07) is 3.56. The van der Waals surface area contributed by atoms with E-state index in [0.717, 1.165) is 9.13 Å². The van der Waals surface area contributed by atoms with Crippen LogP contribution in [-0.2, 0) is 0 Å². The molecule has 0 N–H and O–H groups in total.